The first kappa shape index (κ1) is 16.3. The highest BCUT2D eigenvalue weighted by molar-refractivity contribution is 5.84. The van der Waals surface area contributed by atoms with Crippen molar-refractivity contribution in [3.8, 4) is 0 Å². The van der Waals surface area contributed by atoms with Crippen molar-refractivity contribution >= 4 is 11.8 Å². The van der Waals surface area contributed by atoms with Crippen LogP contribution in [0.25, 0.3) is 0 Å². The summed E-state index contributed by atoms with van der Waals surface area (Å²) in [5, 5.41) is 6.10. The summed E-state index contributed by atoms with van der Waals surface area (Å²) in [6.45, 7) is 2.08. The second kappa shape index (κ2) is 8.37. The third kappa shape index (κ3) is 5.30. The number of hydrogen-bond acceptors (Lipinski definition) is 3. The lowest BCUT2D eigenvalue weighted by atomic mass is 9.87. The summed E-state index contributed by atoms with van der Waals surface area (Å²) in [6.07, 6.45) is 8.70. The van der Waals surface area contributed by atoms with Crippen molar-refractivity contribution in [1.29, 1.82) is 0 Å². The van der Waals surface area contributed by atoms with Gasteiger partial charge >= 0.3 is 0 Å². The van der Waals surface area contributed by atoms with Crippen molar-refractivity contribution in [3.05, 3.63) is 0 Å². The first-order chi connectivity index (χ1) is 10.2. The van der Waals surface area contributed by atoms with Gasteiger partial charge in [0.05, 0.1) is 6.54 Å². The number of amides is 2. The van der Waals surface area contributed by atoms with Crippen molar-refractivity contribution in [2.75, 3.05) is 26.7 Å². The Morgan fingerprint density at radius 3 is 2.43 bits per heavy atom. The van der Waals surface area contributed by atoms with E-state index in [9.17, 15) is 9.59 Å². The van der Waals surface area contributed by atoms with Gasteiger partial charge in [-0.3, -0.25) is 9.59 Å². The summed E-state index contributed by atoms with van der Waals surface area (Å²) in [7, 11) is 1.85. The van der Waals surface area contributed by atoms with Gasteiger partial charge in [0.1, 0.15) is 0 Å². The predicted octanol–water partition coefficient (Wildman–Crippen LogP) is 1.28. The lowest BCUT2D eigenvalue weighted by Gasteiger charge is -2.31. The van der Waals surface area contributed by atoms with Crippen LogP contribution in [0.4, 0.5) is 0 Å². The number of nitrogens with zero attached hydrogens (tertiary/aromatic N) is 1. The normalized spacial score (nSPS) is 21.0. The molecular formula is C16H29N3O2. The molecule has 1 saturated carbocycles. The summed E-state index contributed by atoms with van der Waals surface area (Å²) >= 11 is 0. The van der Waals surface area contributed by atoms with Crippen LogP contribution >= 0.6 is 0 Å². The zero-order valence-electron chi connectivity index (χ0n) is 13.2. The van der Waals surface area contributed by atoms with Gasteiger partial charge in [0, 0.05) is 19.5 Å². The van der Waals surface area contributed by atoms with Crippen molar-refractivity contribution in [2.45, 2.75) is 57.4 Å². The summed E-state index contributed by atoms with van der Waals surface area (Å²) in [6, 6.07) is 0.314. The van der Waals surface area contributed by atoms with E-state index in [0.717, 1.165) is 38.8 Å². The molecule has 2 rings (SSSR count). The van der Waals surface area contributed by atoms with Crippen LogP contribution in [0.15, 0.2) is 0 Å². The van der Waals surface area contributed by atoms with Crippen molar-refractivity contribution in [1.82, 2.24) is 15.5 Å². The molecule has 2 amide bonds. The second-order valence-electron chi connectivity index (χ2n) is 6.47. The van der Waals surface area contributed by atoms with Gasteiger partial charge in [-0.1, -0.05) is 19.3 Å². The summed E-state index contributed by atoms with van der Waals surface area (Å²) in [5.74, 6) is 0.587. The molecule has 21 heavy (non-hydrogen) atoms. The van der Waals surface area contributed by atoms with Crippen LogP contribution in [0.3, 0.4) is 0 Å². The smallest absolute Gasteiger partial charge is 0.241 e. The molecular weight excluding hydrogens is 266 g/mol. The van der Waals surface area contributed by atoms with Gasteiger partial charge in [0.2, 0.25) is 11.8 Å². The van der Waals surface area contributed by atoms with E-state index in [2.05, 4.69) is 10.6 Å². The number of carbonyl (C=O) groups is 2. The van der Waals surface area contributed by atoms with Crippen molar-refractivity contribution in [2.24, 2.45) is 5.92 Å². The van der Waals surface area contributed by atoms with Crippen LogP contribution in [-0.2, 0) is 9.59 Å². The molecule has 2 N–H and O–H groups in total. The Hall–Kier alpha value is -1.10. The van der Waals surface area contributed by atoms with Gasteiger partial charge < -0.3 is 15.5 Å². The zero-order valence-corrected chi connectivity index (χ0v) is 13.2. The lowest BCUT2D eigenvalue weighted by Crippen LogP contribution is -2.47. The second-order valence-corrected chi connectivity index (χ2v) is 6.47. The molecule has 0 atom stereocenters. The van der Waals surface area contributed by atoms with Crippen LogP contribution in [0.5, 0.6) is 0 Å². The molecule has 2 fully saturated rings. The number of piperidine rings is 1. The van der Waals surface area contributed by atoms with Crippen molar-refractivity contribution in [3.63, 3.8) is 0 Å². The number of hydrogen-bond donors (Lipinski definition) is 2. The quantitative estimate of drug-likeness (QED) is 0.803. The Bertz CT molecular complexity index is 347. The minimum absolute atomic E-state index is 0.0268. The maximum Gasteiger partial charge on any atom is 0.241 e. The fraction of sp³-hybridized carbons (Fsp3) is 0.875. The number of carbonyl (C=O) groups excluding carboxylic acids is 2. The van der Waals surface area contributed by atoms with Gasteiger partial charge in [-0.15, -0.1) is 0 Å². The van der Waals surface area contributed by atoms with E-state index in [-0.39, 0.29) is 18.4 Å². The molecule has 0 aromatic carbocycles. The third-order valence-corrected chi connectivity index (χ3v) is 4.89. The van der Waals surface area contributed by atoms with Gasteiger partial charge in [-0.05, 0) is 44.7 Å². The summed E-state index contributed by atoms with van der Waals surface area (Å²) in [4.78, 5) is 25.9. The maximum absolute atomic E-state index is 12.1. The minimum Gasteiger partial charge on any atom is -0.347 e. The molecule has 0 aromatic heterocycles. The van der Waals surface area contributed by atoms with E-state index >= 15 is 0 Å². The maximum atomic E-state index is 12.1. The fourth-order valence-electron chi connectivity index (χ4n) is 3.42. The molecule has 0 aromatic rings. The molecule has 1 saturated heterocycles. The topological polar surface area (TPSA) is 61.4 Å². The predicted molar refractivity (Wildman–Crippen MR) is 82.9 cm³/mol. The molecule has 0 bridgehead atoms. The van der Waals surface area contributed by atoms with Gasteiger partial charge in [0.25, 0.3) is 0 Å². The first-order valence-electron chi connectivity index (χ1n) is 8.40. The molecule has 120 valence electrons. The standard InChI is InChI=1S/C16H29N3O2/c1-19(14-7-9-17-10-8-14)16(21)12-18-15(20)11-13-5-3-2-4-6-13/h13-14,17H,2-12H2,1H3,(H,18,20). The van der Waals surface area contributed by atoms with Crippen LogP contribution in [0.2, 0.25) is 0 Å². The molecule has 5 nitrogen and oxygen atoms in total. The average molecular weight is 295 g/mol. The highest BCUT2D eigenvalue weighted by Gasteiger charge is 2.22. The number of likely N-dealkylation sites (N-methyl/N-ethyl adjacent to an activating group) is 1. The van der Waals surface area contributed by atoms with E-state index in [1.54, 1.807) is 0 Å². The Morgan fingerprint density at radius 1 is 1.10 bits per heavy atom. The van der Waals surface area contributed by atoms with Gasteiger partial charge in [-0.25, -0.2) is 0 Å². The minimum atomic E-state index is 0.0268. The highest BCUT2D eigenvalue weighted by atomic mass is 16.2. The molecule has 0 unspecified atom stereocenters. The van der Waals surface area contributed by atoms with Crippen molar-refractivity contribution < 1.29 is 9.59 Å². The monoisotopic (exact) mass is 295 g/mol. The largest absolute Gasteiger partial charge is 0.347 e. The van der Waals surface area contributed by atoms with Crippen LogP contribution in [0.1, 0.15) is 51.4 Å². The molecule has 0 radical (unpaired) electrons. The molecule has 0 spiro atoms. The van der Waals surface area contributed by atoms with E-state index in [4.69, 9.17) is 0 Å². The number of rotatable bonds is 5. The summed E-state index contributed by atoms with van der Waals surface area (Å²) < 4.78 is 0. The van der Waals surface area contributed by atoms with E-state index in [0.29, 0.717) is 18.4 Å². The summed E-state index contributed by atoms with van der Waals surface area (Å²) in [5.41, 5.74) is 0. The van der Waals surface area contributed by atoms with Crippen LogP contribution < -0.4 is 10.6 Å². The SMILES string of the molecule is CN(C(=O)CNC(=O)CC1CCCCC1)C1CCNCC1. The van der Waals surface area contributed by atoms with Gasteiger partial charge in [0.15, 0.2) is 0 Å². The average Bonchev–Trinajstić information content (AvgIpc) is 2.53. The Morgan fingerprint density at radius 2 is 1.76 bits per heavy atom. The Kier molecular flexibility index (Phi) is 6.49. The number of nitrogens with one attached hydrogen (secondary N) is 2. The van der Waals surface area contributed by atoms with Crippen LogP contribution in [-0.4, -0.2) is 49.4 Å². The van der Waals surface area contributed by atoms with E-state index < -0.39 is 0 Å². The Labute approximate surface area is 127 Å². The molecule has 1 heterocycles. The fourth-order valence-corrected chi connectivity index (χ4v) is 3.42. The Balaban J connectivity index is 1.66. The molecule has 5 heteroatoms. The van der Waals surface area contributed by atoms with E-state index in [1.165, 1.54) is 19.3 Å². The van der Waals surface area contributed by atoms with Gasteiger partial charge in [-0.2, -0.15) is 0 Å². The molecule has 1 aliphatic carbocycles. The van der Waals surface area contributed by atoms with E-state index in [1.807, 2.05) is 11.9 Å². The third-order valence-electron chi connectivity index (χ3n) is 4.89. The first-order valence-corrected chi connectivity index (χ1v) is 8.40. The molecule has 1 aliphatic heterocycles. The lowest BCUT2D eigenvalue weighted by molar-refractivity contribution is -0.134. The molecule has 2 aliphatic rings. The van der Waals surface area contributed by atoms with Crippen LogP contribution in [0, 0.1) is 5.92 Å². The zero-order chi connectivity index (χ0) is 15.1. The highest BCUT2D eigenvalue weighted by Crippen LogP contribution is 2.25.